The Hall–Kier alpha value is -2.28. The van der Waals surface area contributed by atoms with Gasteiger partial charge in [0, 0.05) is 0 Å². The second kappa shape index (κ2) is 37.5. The number of hydrogen-bond donors (Lipinski definition) is 4. The average Bonchev–Trinajstić information content (AvgIpc) is 3.13. The van der Waals surface area contributed by atoms with Gasteiger partial charge in [-0.1, -0.05) is 150 Å². The Morgan fingerprint density at radius 1 is 0.373 bits per heavy atom. The van der Waals surface area contributed by atoms with Crippen molar-refractivity contribution in [1.82, 2.24) is 0 Å². The fraction of sp³-hybridized carbons (Fsp3) is 0.652. The molecule has 0 saturated carbocycles. The lowest BCUT2D eigenvalue weighted by Gasteiger charge is -2.30. The Bertz CT molecular complexity index is 910. The molecule has 51 heavy (non-hydrogen) atoms. The molecule has 0 heterocycles. The van der Waals surface area contributed by atoms with Crippen LogP contribution in [0.3, 0.4) is 0 Å². The summed E-state index contributed by atoms with van der Waals surface area (Å²) in [5, 5.41) is 41.2. The molecule has 0 bridgehead atoms. The van der Waals surface area contributed by atoms with Crippen LogP contribution >= 0.6 is 0 Å². The van der Waals surface area contributed by atoms with Crippen molar-refractivity contribution in [3.05, 3.63) is 97.2 Å². The molecule has 0 fully saturated rings. The molecule has 5 heteroatoms. The predicted octanol–water partition coefficient (Wildman–Crippen LogP) is 11.5. The second-order valence-electron chi connectivity index (χ2n) is 13.9. The minimum absolute atomic E-state index is 0.0711. The molecule has 0 rings (SSSR count). The fourth-order valence-corrected chi connectivity index (χ4v) is 5.38. The molecule has 0 aliphatic heterocycles. The van der Waals surface area contributed by atoms with Gasteiger partial charge >= 0.3 is 0 Å². The molecule has 2 atom stereocenters. The molecule has 5 nitrogen and oxygen atoms in total. The molecular weight excluding hydrogens is 633 g/mol. The molecule has 0 saturated heterocycles. The maximum atomic E-state index is 10.8. The highest BCUT2D eigenvalue weighted by atomic mass is 16.5. The van der Waals surface area contributed by atoms with Gasteiger partial charge in [0.2, 0.25) is 0 Å². The third-order valence-corrected chi connectivity index (χ3v) is 8.77. The first kappa shape index (κ1) is 48.7. The molecule has 0 radical (unpaired) electrons. The first-order valence-electron chi connectivity index (χ1n) is 20.4. The van der Waals surface area contributed by atoms with Crippen LogP contribution in [0.4, 0.5) is 0 Å². The summed E-state index contributed by atoms with van der Waals surface area (Å²) in [6, 6.07) is 0. The summed E-state index contributed by atoms with van der Waals surface area (Å²) in [5.74, 6) is 0. The number of hydrogen-bond acceptors (Lipinski definition) is 5. The van der Waals surface area contributed by atoms with E-state index in [0.29, 0.717) is 12.8 Å². The van der Waals surface area contributed by atoms with Crippen LogP contribution in [0.1, 0.15) is 155 Å². The van der Waals surface area contributed by atoms with Gasteiger partial charge < -0.3 is 25.2 Å². The molecular formula is C46H78O5. The minimum atomic E-state index is -1.35. The summed E-state index contributed by atoms with van der Waals surface area (Å²) >= 11 is 0. The van der Waals surface area contributed by atoms with Crippen LogP contribution in [0.2, 0.25) is 0 Å². The van der Waals surface area contributed by atoms with E-state index in [4.69, 9.17) is 4.74 Å². The highest BCUT2D eigenvalue weighted by Gasteiger charge is 2.30. The molecule has 0 aliphatic rings. The predicted molar refractivity (Wildman–Crippen MR) is 221 cm³/mol. The van der Waals surface area contributed by atoms with Crippen molar-refractivity contribution in [2.75, 3.05) is 26.4 Å². The monoisotopic (exact) mass is 711 g/mol. The normalized spacial score (nSPS) is 15.5. The molecule has 0 amide bonds. The lowest BCUT2D eigenvalue weighted by molar-refractivity contribution is -0.129. The molecule has 0 aromatic carbocycles. The van der Waals surface area contributed by atoms with Crippen LogP contribution in [0.25, 0.3) is 0 Å². The molecule has 0 spiro atoms. The Balaban J connectivity index is 4.00. The summed E-state index contributed by atoms with van der Waals surface area (Å²) in [6.45, 7) is 3.53. The van der Waals surface area contributed by atoms with Crippen molar-refractivity contribution in [1.29, 1.82) is 0 Å². The number of rotatable bonds is 36. The summed E-state index contributed by atoms with van der Waals surface area (Å²) in [6.07, 6.45) is 57.3. The summed E-state index contributed by atoms with van der Waals surface area (Å²) in [4.78, 5) is 0. The summed E-state index contributed by atoms with van der Waals surface area (Å²) in [7, 11) is 0. The van der Waals surface area contributed by atoms with E-state index in [0.717, 1.165) is 77.0 Å². The summed E-state index contributed by atoms with van der Waals surface area (Å²) < 4.78 is 5.64. The van der Waals surface area contributed by atoms with Gasteiger partial charge in [-0.3, -0.25) is 0 Å². The highest BCUT2D eigenvalue weighted by molar-refractivity contribution is 5.00. The van der Waals surface area contributed by atoms with Crippen molar-refractivity contribution in [3.63, 3.8) is 0 Å². The third kappa shape index (κ3) is 34.6. The Labute approximate surface area is 314 Å². The van der Waals surface area contributed by atoms with Crippen LogP contribution in [0, 0.1) is 0 Å². The zero-order valence-corrected chi connectivity index (χ0v) is 32.8. The lowest BCUT2D eigenvalue weighted by atomic mass is 9.96. The standard InChI is InChI=1S/C46H78O5/c1-3-5-7-9-11-13-15-17-19-21-23-25-27-29-31-33-35-37-39-45(49,41-47)43-51-44-46(50,42-48)40-38-36-34-32-30-28-26-24-22-20-18-16-14-12-10-8-6-4-2/h11-14,17-20,23-26,29-32,47-50H,3-10,15-16,21-22,27-28,33-44H2,1-2H3. The van der Waals surface area contributed by atoms with Crippen LogP contribution in [-0.2, 0) is 4.74 Å². The molecule has 292 valence electrons. The van der Waals surface area contributed by atoms with Gasteiger partial charge in [-0.25, -0.2) is 0 Å². The third-order valence-electron chi connectivity index (χ3n) is 8.77. The number of aliphatic hydroxyl groups excluding tert-OH is 2. The Morgan fingerprint density at radius 3 is 0.882 bits per heavy atom. The van der Waals surface area contributed by atoms with E-state index in [2.05, 4.69) is 111 Å². The maximum absolute atomic E-state index is 10.8. The molecule has 4 N–H and O–H groups in total. The van der Waals surface area contributed by atoms with Gasteiger partial charge in [0.1, 0.15) is 11.2 Å². The zero-order valence-electron chi connectivity index (χ0n) is 32.8. The van der Waals surface area contributed by atoms with Crippen molar-refractivity contribution >= 4 is 0 Å². The topological polar surface area (TPSA) is 90.2 Å². The van der Waals surface area contributed by atoms with E-state index < -0.39 is 24.4 Å². The maximum Gasteiger partial charge on any atom is 0.111 e. The average molecular weight is 711 g/mol. The lowest BCUT2D eigenvalue weighted by Crippen LogP contribution is -2.43. The van der Waals surface area contributed by atoms with Crippen LogP contribution in [0.5, 0.6) is 0 Å². The first-order chi connectivity index (χ1) is 24.9. The largest absolute Gasteiger partial charge is 0.393 e. The second-order valence-corrected chi connectivity index (χ2v) is 13.9. The Kier molecular flexibility index (Phi) is 35.8. The quantitative estimate of drug-likeness (QED) is 0.0384. The van der Waals surface area contributed by atoms with Crippen molar-refractivity contribution in [2.45, 2.75) is 166 Å². The van der Waals surface area contributed by atoms with Gasteiger partial charge in [-0.2, -0.15) is 0 Å². The number of ether oxygens (including phenoxy) is 1. The van der Waals surface area contributed by atoms with E-state index in [-0.39, 0.29) is 13.2 Å². The number of allylic oxidation sites excluding steroid dienone is 16. The summed E-state index contributed by atoms with van der Waals surface area (Å²) in [5.41, 5.74) is -2.69. The van der Waals surface area contributed by atoms with Gasteiger partial charge in [0.05, 0.1) is 26.4 Å². The van der Waals surface area contributed by atoms with E-state index in [1.54, 1.807) is 0 Å². The molecule has 2 unspecified atom stereocenters. The minimum Gasteiger partial charge on any atom is -0.393 e. The van der Waals surface area contributed by atoms with Crippen LogP contribution in [0.15, 0.2) is 97.2 Å². The van der Waals surface area contributed by atoms with Crippen molar-refractivity contribution < 1.29 is 25.2 Å². The van der Waals surface area contributed by atoms with Crippen LogP contribution in [-0.4, -0.2) is 58.1 Å². The van der Waals surface area contributed by atoms with E-state index in [1.807, 2.05) is 0 Å². The van der Waals surface area contributed by atoms with Crippen molar-refractivity contribution in [2.24, 2.45) is 0 Å². The first-order valence-corrected chi connectivity index (χ1v) is 20.4. The smallest absolute Gasteiger partial charge is 0.111 e. The zero-order chi connectivity index (χ0) is 37.4. The van der Waals surface area contributed by atoms with Gasteiger partial charge in [0.15, 0.2) is 0 Å². The highest BCUT2D eigenvalue weighted by Crippen LogP contribution is 2.20. The van der Waals surface area contributed by atoms with E-state index in [1.165, 1.54) is 51.4 Å². The van der Waals surface area contributed by atoms with Gasteiger partial charge in [-0.05, 0) is 103 Å². The van der Waals surface area contributed by atoms with Gasteiger partial charge in [0.25, 0.3) is 0 Å². The number of aliphatic hydroxyl groups is 4. The van der Waals surface area contributed by atoms with Gasteiger partial charge in [-0.15, -0.1) is 0 Å². The Morgan fingerprint density at radius 2 is 0.627 bits per heavy atom. The molecule has 0 aromatic heterocycles. The van der Waals surface area contributed by atoms with Crippen molar-refractivity contribution in [3.8, 4) is 0 Å². The van der Waals surface area contributed by atoms with Crippen LogP contribution < -0.4 is 0 Å². The van der Waals surface area contributed by atoms with E-state index in [9.17, 15) is 20.4 Å². The SMILES string of the molecule is CCCCCC=CCC=CCC=CCC=CCCCCC(O)(CO)COCC(O)(CO)CCCCC=CCC=CCC=CCC=CCCCCC. The number of unbranched alkanes of at least 4 members (excludes halogenated alkanes) is 10. The van der Waals surface area contributed by atoms with E-state index >= 15 is 0 Å². The molecule has 0 aromatic rings. The fourth-order valence-electron chi connectivity index (χ4n) is 5.38. The molecule has 0 aliphatic carbocycles.